The average Bonchev–Trinajstić information content (AvgIpc) is 2.97. The van der Waals surface area contributed by atoms with Gasteiger partial charge < -0.3 is 14.0 Å². The molecule has 7 heteroatoms. The monoisotopic (exact) mass is 432 g/mol. The molecule has 0 aliphatic heterocycles. The van der Waals surface area contributed by atoms with Gasteiger partial charge in [0, 0.05) is 22.6 Å². The van der Waals surface area contributed by atoms with Crippen molar-refractivity contribution in [3.63, 3.8) is 0 Å². The molecule has 1 aromatic heterocycles. The van der Waals surface area contributed by atoms with Crippen molar-refractivity contribution >= 4 is 43.4 Å². The molecular weight excluding hydrogens is 416 g/mol. The Hall–Kier alpha value is -2.38. The summed E-state index contributed by atoms with van der Waals surface area (Å²) in [7, 11) is 3.09. The third-order valence-electron chi connectivity index (χ3n) is 3.75. The first-order valence-corrected chi connectivity index (χ1v) is 9.38. The van der Waals surface area contributed by atoms with Crippen LogP contribution >= 0.6 is 27.3 Å². The van der Waals surface area contributed by atoms with Crippen molar-refractivity contribution < 1.29 is 14.3 Å². The molecule has 0 radical (unpaired) electrons. The van der Waals surface area contributed by atoms with Crippen LogP contribution in [-0.2, 0) is 6.54 Å². The predicted octanol–water partition coefficient (Wildman–Crippen LogP) is 4.41. The van der Waals surface area contributed by atoms with Gasteiger partial charge in [0.05, 0.1) is 24.4 Å². The second-order valence-electron chi connectivity index (χ2n) is 5.41. The van der Waals surface area contributed by atoms with E-state index in [1.807, 2.05) is 22.8 Å². The van der Waals surface area contributed by atoms with Gasteiger partial charge in [-0.15, -0.1) is 6.58 Å². The van der Waals surface area contributed by atoms with Gasteiger partial charge in [-0.2, -0.15) is 4.99 Å². The number of carbonyl (C=O) groups excluding carboxylic acids is 1. The molecule has 0 unspecified atom stereocenters. The van der Waals surface area contributed by atoms with Crippen LogP contribution in [0.1, 0.15) is 10.4 Å². The summed E-state index contributed by atoms with van der Waals surface area (Å²) in [5.41, 5.74) is 1.41. The molecule has 0 aliphatic rings. The quantitative estimate of drug-likeness (QED) is 0.561. The lowest BCUT2D eigenvalue weighted by molar-refractivity contribution is 0.0997. The Kier molecular flexibility index (Phi) is 5.58. The van der Waals surface area contributed by atoms with Gasteiger partial charge >= 0.3 is 0 Å². The summed E-state index contributed by atoms with van der Waals surface area (Å²) in [6.45, 7) is 4.36. The van der Waals surface area contributed by atoms with E-state index in [1.54, 1.807) is 38.5 Å². The molecule has 26 heavy (non-hydrogen) atoms. The zero-order valence-corrected chi connectivity index (χ0v) is 16.8. The first kappa shape index (κ1) is 18.4. The van der Waals surface area contributed by atoms with E-state index in [9.17, 15) is 4.79 Å². The number of thiazole rings is 1. The Morgan fingerprint density at radius 3 is 2.54 bits per heavy atom. The lowest BCUT2D eigenvalue weighted by Gasteiger charge is -2.06. The number of halogens is 1. The zero-order chi connectivity index (χ0) is 18.7. The van der Waals surface area contributed by atoms with E-state index in [0.29, 0.717) is 28.4 Å². The summed E-state index contributed by atoms with van der Waals surface area (Å²) in [5.74, 6) is 0.731. The molecule has 2 aromatic carbocycles. The maximum absolute atomic E-state index is 12.7. The maximum atomic E-state index is 12.7. The van der Waals surface area contributed by atoms with Gasteiger partial charge in [0.2, 0.25) is 0 Å². The third kappa shape index (κ3) is 3.73. The summed E-state index contributed by atoms with van der Waals surface area (Å²) < 4.78 is 14.4. The van der Waals surface area contributed by atoms with Crippen molar-refractivity contribution in [2.45, 2.75) is 6.54 Å². The number of benzene rings is 2. The Balaban J connectivity index is 2.13. The molecule has 3 aromatic rings. The van der Waals surface area contributed by atoms with Crippen molar-refractivity contribution in [3.8, 4) is 11.5 Å². The number of aromatic nitrogens is 1. The number of rotatable bonds is 5. The minimum absolute atomic E-state index is 0.356. The molecule has 0 bridgehead atoms. The van der Waals surface area contributed by atoms with E-state index in [0.717, 1.165) is 14.7 Å². The van der Waals surface area contributed by atoms with Gasteiger partial charge in [0.25, 0.3) is 5.91 Å². The third-order valence-corrected chi connectivity index (χ3v) is 5.29. The average molecular weight is 433 g/mol. The highest BCUT2D eigenvalue weighted by Crippen LogP contribution is 2.24. The smallest absolute Gasteiger partial charge is 0.279 e. The van der Waals surface area contributed by atoms with Crippen LogP contribution in [0.3, 0.4) is 0 Å². The fourth-order valence-electron chi connectivity index (χ4n) is 2.52. The molecular formula is C19H17BrN2O3S. The number of ether oxygens (including phenoxy) is 2. The van der Waals surface area contributed by atoms with Crippen LogP contribution in [0.2, 0.25) is 0 Å². The van der Waals surface area contributed by atoms with E-state index in [4.69, 9.17) is 9.47 Å². The van der Waals surface area contributed by atoms with Gasteiger partial charge in [-0.05, 0) is 30.3 Å². The van der Waals surface area contributed by atoms with Crippen molar-refractivity contribution in [2.75, 3.05) is 14.2 Å². The SMILES string of the molecule is C=CCn1c(=NC(=O)c2cc(OC)cc(OC)c2)sc2cc(Br)ccc21. The van der Waals surface area contributed by atoms with E-state index >= 15 is 0 Å². The van der Waals surface area contributed by atoms with Crippen LogP contribution in [0.4, 0.5) is 0 Å². The van der Waals surface area contributed by atoms with Crippen LogP contribution in [0.15, 0.2) is 58.5 Å². The van der Waals surface area contributed by atoms with E-state index in [-0.39, 0.29) is 5.91 Å². The summed E-state index contributed by atoms with van der Waals surface area (Å²) in [5, 5.41) is 0. The Bertz CT molecular complexity index is 1030. The largest absolute Gasteiger partial charge is 0.497 e. The van der Waals surface area contributed by atoms with Crippen molar-refractivity contribution in [2.24, 2.45) is 4.99 Å². The van der Waals surface area contributed by atoms with Crippen molar-refractivity contribution in [1.29, 1.82) is 0 Å². The molecule has 134 valence electrons. The normalized spacial score (nSPS) is 11.6. The van der Waals surface area contributed by atoms with Gasteiger partial charge in [0.15, 0.2) is 4.80 Å². The van der Waals surface area contributed by atoms with Crippen LogP contribution in [0, 0.1) is 0 Å². The molecule has 1 amide bonds. The van der Waals surface area contributed by atoms with Gasteiger partial charge in [-0.25, -0.2) is 0 Å². The number of hydrogen-bond donors (Lipinski definition) is 0. The minimum Gasteiger partial charge on any atom is -0.497 e. The second-order valence-corrected chi connectivity index (χ2v) is 7.34. The molecule has 5 nitrogen and oxygen atoms in total. The predicted molar refractivity (Wildman–Crippen MR) is 107 cm³/mol. The molecule has 3 rings (SSSR count). The zero-order valence-electron chi connectivity index (χ0n) is 14.4. The molecule has 0 fully saturated rings. The molecule has 0 N–H and O–H groups in total. The number of amides is 1. The summed E-state index contributed by atoms with van der Waals surface area (Å²) >= 11 is 4.93. The Morgan fingerprint density at radius 2 is 1.92 bits per heavy atom. The van der Waals surface area contributed by atoms with Crippen LogP contribution in [0.5, 0.6) is 11.5 Å². The van der Waals surface area contributed by atoms with E-state index < -0.39 is 0 Å². The molecule has 0 aliphatic carbocycles. The molecule has 0 spiro atoms. The van der Waals surface area contributed by atoms with Gasteiger partial charge in [-0.1, -0.05) is 33.3 Å². The number of methoxy groups -OCH3 is 2. The fourth-order valence-corrected chi connectivity index (χ4v) is 4.11. The lowest BCUT2D eigenvalue weighted by atomic mass is 10.2. The number of allylic oxidation sites excluding steroid dienone is 1. The minimum atomic E-state index is -0.356. The van der Waals surface area contributed by atoms with Crippen molar-refractivity contribution in [3.05, 3.63) is 63.9 Å². The van der Waals surface area contributed by atoms with E-state index in [1.165, 1.54) is 11.3 Å². The molecule has 0 saturated carbocycles. The highest BCUT2D eigenvalue weighted by molar-refractivity contribution is 9.10. The maximum Gasteiger partial charge on any atom is 0.279 e. The van der Waals surface area contributed by atoms with Crippen molar-refractivity contribution in [1.82, 2.24) is 4.57 Å². The number of hydrogen-bond acceptors (Lipinski definition) is 4. The summed E-state index contributed by atoms with van der Waals surface area (Å²) in [6, 6.07) is 11.0. The Labute approximate surface area is 163 Å². The fraction of sp³-hybridized carbons (Fsp3) is 0.158. The molecule has 0 atom stereocenters. The number of carbonyl (C=O) groups is 1. The van der Waals surface area contributed by atoms with Gasteiger partial charge in [-0.3, -0.25) is 4.79 Å². The first-order valence-electron chi connectivity index (χ1n) is 7.77. The second kappa shape index (κ2) is 7.88. The molecule has 1 heterocycles. The number of fused-ring (bicyclic) bond motifs is 1. The van der Waals surface area contributed by atoms with Crippen LogP contribution < -0.4 is 14.3 Å². The first-order chi connectivity index (χ1) is 12.5. The van der Waals surface area contributed by atoms with Crippen LogP contribution in [0.25, 0.3) is 10.2 Å². The summed E-state index contributed by atoms with van der Waals surface area (Å²) in [4.78, 5) is 17.7. The number of nitrogens with zero attached hydrogens (tertiary/aromatic N) is 2. The standard InChI is InChI=1S/C19H17BrN2O3S/c1-4-7-22-16-6-5-13(20)10-17(16)26-19(22)21-18(23)12-8-14(24-2)11-15(9-12)25-3/h4-6,8-11H,1,7H2,2-3H3. The van der Waals surface area contributed by atoms with Gasteiger partial charge in [0.1, 0.15) is 11.5 Å². The lowest BCUT2D eigenvalue weighted by Crippen LogP contribution is -2.16. The highest BCUT2D eigenvalue weighted by Gasteiger charge is 2.11. The Morgan fingerprint density at radius 1 is 1.23 bits per heavy atom. The van der Waals surface area contributed by atoms with Crippen LogP contribution in [-0.4, -0.2) is 24.7 Å². The van der Waals surface area contributed by atoms with E-state index in [2.05, 4.69) is 27.5 Å². The topological polar surface area (TPSA) is 52.8 Å². The highest BCUT2D eigenvalue weighted by atomic mass is 79.9. The molecule has 0 saturated heterocycles. The summed E-state index contributed by atoms with van der Waals surface area (Å²) in [6.07, 6.45) is 1.78.